The van der Waals surface area contributed by atoms with Crippen molar-refractivity contribution in [2.24, 2.45) is 5.73 Å². The molecule has 84 valence electrons. The highest BCUT2D eigenvalue weighted by Crippen LogP contribution is 1.90. The molecule has 0 bridgehead atoms. The molecule has 0 aromatic carbocycles. The number of hydrogen-bond acceptors (Lipinski definition) is 4. The third-order valence-electron chi connectivity index (χ3n) is 2.60. The van der Waals surface area contributed by atoms with Gasteiger partial charge in [-0.15, -0.1) is 0 Å². The summed E-state index contributed by atoms with van der Waals surface area (Å²) in [4.78, 5) is 2.48. The van der Waals surface area contributed by atoms with Gasteiger partial charge < -0.3 is 21.3 Å². The minimum Gasteiger partial charge on any atom is -0.330 e. The van der Waals surface area contributed by atoms with Gasteiger partial charge in [-0.3, -0.25) is 0 Å². The first kappa shape index (κ1) is 11.9. The highest BCUT2D eigenvalue weighted by Gasteiger charge is 2.04. The van der Waals surface area contributed by atoms with Gasteiger partial charge in [-0.05, 0) is 39.0 Å². The fourth-order valence-corrected chi connectivity index (χ4v) is 1.71. The average Bonchev–Trinajstić information content (AvgIpc) is 2.23. The molecular formula is C10H24N4. The molecule has 4 N–H and O–H groups in total. The van der Waals surface area contributed by atoms with E-state index in [9.17, 15) is 0 Å². The molecule has 0 aromatic heterocycles. The van der Waals surface area contributed by atoms with Crippen LogP contribution in [0.4, 0.5) is 0 Å². The van der Waals surface area contributed by atoms with E-state index < -0.39 is 0 Å². The Bertz CT molecular complexity index is 119. The predicted molar refractivity (Wildman–Crippen MR) is 60.5 cm³/mol. The third-order valence-corrected chi connectivity index (χ3v) is 2.60. The molecule has 1 rings (SSSR count). The van der Waals surface area contributed by atoms with Crippen molar-refractivity contribution in [3.8, 4) is 0 Å². The van der Waals surface area contributed by atoms with Gasteiger partial charge in [0.1, 0.15) is 0 Å². The topological polar surface area (TPSA) is 53.3 Å². The molecule has 1 fully saturated rings. The number of nitrogens with zero attached hydrogens (tertiary/aromatic N) is 1. The molecule has 0 radical (unpaired) electrons. The second-order valence-electron chi connectivity index (χ2n) is 3.84. The Hall–Kier alpha value is -0.160. The summed E-state index contributed by atoms with van der Waals surface area (Å²) in [5.41, 5.74) is 5.51. The predicted octanol–water partition coefficient (Wildman–Crippen LogP) is -0.780. The zero-order chi connectivity index (χ0) is 10.1. The van der Waals surface area contributed by atoms with Crippen molar-refractivity contribution in [3.63, 3.8) is 0 Å². The molecule has 0 atom stereocenters. The minimum atomic E-state index is 0.803. The van der Waals surface area contributed by atoms with Crippen molar-refractivity contribution in [2.45, 2.75) is 12.8 Å². The van der Waals surface area contributed by atoms with Crippen LogP contribution in [0.1, 0.15) is 12.8 Å². The molecule has 0 unspecified atom stereocenters. The van der Waals surface area contributed by atoms with E-state index in [2.05, 4.69) is 15.5 Å². The molecule has 1 saturated heterocycles. The van der Waals surface area contributed by atoms with E-state index in [-0.39, 0.29) is 0 Å². The first-order valence-corrected chi connectivity index (χ1v) is 5.77. The quantitative estimate of drug-likeness (QED) is 0.559. The summed E-state index contributed by atoms with van der Waals surface area (Å²) in [6, 6.07) is 0. The Morgan fingerprint density at radius 1 is 1.00 bits per heavy atom. The Morgan fingerprint density at radius 3 is 2.21 bits per heavy atom. The Labute approximate surface area is 87.2 Å². The molecule has 1 aliphatic rings. The van der Waals surface area contributed by atoms with Crippen LogP contribution in [0.3, 0.4) is 0 Å². The van der Waals surface area contributed by atoms with Crippen molar-refractivity contribution in [2.75, 3.05) is 52.4 Å². The Morgan fingerprint density at radius 2 is 1.64 bits per heavy atom. The molecule has 0 aromatic rings. The van der Waals surface area contributed by atoms with Gasteiger partial charge in [0, 0.05) is 26.2 Å². The van der Waals surface area contributed by atoms with E-state index in [1.807, 2.05) is 0 Å². The first-order valence-electron chi connectivity index (χ1n) is 5.77. The molecule has 0 saturated carbocycles. The van der Waals surface area contributed by atoms with Gasteiger partial charge in [-0.25, -0.2) is 0 Å². The van der Waals surface area contributed by atoms with Crippen molar-refractivity contribution >= 4 is 0 Å². The highest BCUT2D eigenvalue weighted by atomic mass is 15.2. The van der Waals surface area contributed by atoms with Gasteiger partial charge in [-0.2, -0.15) is 0 Å². The SMILES string of the molecule is NCCCN1CCNCCCNCC1. The summed E-state index contributed by atoms with van der Waals surface area (Å²) in [6.07, 6.45) is 2.35. The van der Waals surface area contributed by atoms with Crippen LogP contribution in [0.25, 0.3) is 0 Å². The van der Waals surface area contributed by atoms with Crippen LogP contribution in [-0.2, 0) is 0 Å². The van der Waals surface area contributed by atoms with E-state index in [4.69, 9.17) is 5.73 Å². The van der Waals surface area contributed by atoms with E-state index in [0.29, 0.717) is 0 Å². The lowest BCUT2D eigenvalue weighted by atomic mass is 10.3. The summed E-state index contributed by atoms with van der Waals surface area (Å²) < 4.78 is 0. The number of nitrogens with two attached hydrogens (primary N) is 1. The number of rotatable bonds is 3. The van der Waals surface area contributed by atoms with Crippen molar-refractivity contribution in [3.05, 3.63) is 0 Å². The molecular weight excluding hydrogens is 176 g/mol. The fraction of sp³-hybridized carbons (Fsp3) is 1.00. The largest absolute Gasteiger partial charge is 0.330 e. The monoisotopic (exact) mass is 200 g/mol. The number of hydrogen-bond donors (Lipinski definition) is 3. The molecule has 4 heteroatoms. The molecule has 14 heavy (non-hydrogen) atoms. The molecule has 1 aliphatic heterocycles. The van der Waals surface area contributed by atoms with E-state index in [1.165, 1.54) is 6.42 Å². The molecule has 0 amide bonds. The minimum absolute atomic E-state index is 0.803. The van der Waals surface area contributed by atoms with Gasteiger partial charge in [-0.1, -0.05) is 0 Å². The van der Waals surface area contributed by atoms with Crippen LogP contribution in [-0.4, -0.2) is 57.3 Å². The lowest BCUT2D eigenvalue weighted by molar-refractivity contribution is 0.266. The van der Waals surface area contributed by atoms with Crippen LogP contribution in [0, 0.1) is 0 Å². The maximum Gasteiger partial charge on any atom is 0.0107 e. The normalized spacial score (nSPS) is 22.1. The van der Waals surface area contributed by atoms with Crippen molar-refractivity contribution < 1.29 is 0 Å². The second kappa shape index (κ2) is 8.17. The van der Waals surface area contributed by atoms with Gasteiger partial charge >= 0.3 is 0 Å². The Kier molecular flexibility index (Phi) is 6.95. The Balaban J connectivity index is 2.16. The summed E-state index contributed by atoms with van der Waals surface area (Å²) in [6.45, 7) is 8.76. The van der Waals surface area contributed by atoms with Gasteiger partial charge in [0.15, 0.2) is 0 Å². The molecule has 4 nitrogen and oxygen atoms in total. The van der Waals surface area contributed by atoms with Crippen LogP contribution < -0.4 is 16.4 Å². The van der Waals surface area contributed by atoms with Crippen LogP contribution in [0.5, 0.6) is 0 Å². The van der Waals surface area contributed by atoms with Crippen molar-refractivity contribution in [1.29, 1.82) is 0 Å². The van der Waals surface area contributed by atoms with Gasteiger partial charge in [0.05, 0.1) is 0 Å². The van der Waals surface area contributed by atoms with Gasteiger partial charge in [0.25, 0.3) is 0 Å². The summed E-state index contributed by atoms with van der Waals surface area (Å²) in [5, 5.41) is 6.90. The molecule has 0 spiro atoms. The van der Waals surface area contributed by atoms with Crippen LogP contribution in [0.2, 0.25) is 0 Å². The average molecular weight is 200 g/mol. The lowest BCUT2D eigenvalue weighted by Gasteiger charge is -2.23. The summed E-state index contributed by atoms with van der Waals surface area (Å²) in [7, 11) is 0. The van der Waals surface area contributed by atoms with E-state index in [0.717, 1.165) is 58.8 Å². The zero-order valence-corrected chi connectivity index (χ0v) is 9.10. The number of nitrogens with one attached hydrogen (secondary N) is 2. The fourth-order valence-electron chi connectivity index (χ4n) is 1.71. The maximum atomic E-state index is 5.51. The van der Waals surface area contributed by atoms with Crippen LogP contribution >= 0.6 is 0 Å². The third kappa shape index (κ3) is 5.54. The summed E-state index contributed by atoms with van der Waals surface area (Å²) in [5.74, 6) is 0. The van der Waals surface area contributed by atoms with E-state index in [1.54, 1.807) is 0 Å². The smallest absolute Gasteiger partial charge is 0.0107 e. The van der Waals surface area contributed by atoms with Gasteiger partial charge in [0.2, 0.25) is 0 Å². The zero-order valence-electron chi connectivity index (χ0n) is 9.10. The first-order chi connectivity index (χ1) is 6.93. The second-order valence-corrected chi connectivity index (χ2v) is 3.84. The van der Waals surface area contributed by atoms with Crippen LogP contribution in [0.15, 0.2) is 0 Å². The standard InChI is InChI=1S/C10H24N4/c11-3-1-8-14-9-6-12-4-2-5-13-7-10-14/h12-13H,1-11H2. The van der Waals surface area contributed by atoms with E-state index >= 15 is 0 Å². The lowest BCUT2D eigenvalue weighted by Crippen LogP contribution is -2.40. The molecule has 0 aliphatic carbocycles. The molecule has 1 heterocycles. The maximum absolute atomic E-state index is 5.51. The highest BCUT2D eigenvalue weighted by molar-refractivity contribution is 4.64. The van der Waals surface area contributed by atoms with Crippen molar-refractivity contribution in [1.82, 2.24) is 15.5 Å². The summed E-state index contributed by atoms with van der Waals surface area (Å²) >= 11 is 0.